The van der Waals surface area contributed by atoms with Crippen LogP contribution in [0.4, 0.5) is 4.39 Å². The van der Waals surface area contributed by atoms with Gasteiger partial charge in [-0.15, -0.1) is 11.3 Å². The van der Waals surface area contributed by atoms with Gasteiger partial charge in [0.25, 0.3) is 5.91 Å². The Hall–Kier alpha value is -3.95. The summed E-state index contributed by atoms with van der Waals surface area (Å²) in [5.74, 6) is -3.47. The predicted molar refractivity (Wildman–Crippen MR) is 174 cm³/mol. The fourth-order valence-corrected chi connectivity index (χ4v) is 6.28. The van der Waals surface area contributed by atoms with Crippen molar-refractivity contribution in [2.45, 2.75) is 89.7 Å². The summed E-state index contributed by atoms with van der Waals surface area (Å²) in [5, 5.41) is 27.5. The van der Waals surface area contributed by atoms with Gasteiger partial charge in [-0.2, -0.15) is 0 Å². The zero-order valence-electron chi connectivity index (χ0n) is 27.6. The number of aryl methyl sites for hydroxylation is 1. The molecule has 1 aromatic heterocycles. The van der Waals surface area contributed by atoms with E-state index in [0.29, 0.717) is 5.56 Å². The van der Waals surface area contributed by atoms with E-state index >= 15 is 0 Å². The number of aliphatic hydroxyl groups excluding tert-OH is 1. The molecule has 2 aromatic rings. The van der Waals surface area contributed by atoms with Gasteiger partial charge in [0.1, 0.15) is 12.1 Å². The topological polar surface area (TPSA) is 187 Å². The highest BCUT2D eigenvalue weighted by Gasteiger charge is 2.53. The molecule has 2 heterocycles. The van der Waals surface area contributed by atoms with Crippen molar-refractivity contribution in [2.75, 3.05) is 26.3 Å². The maximum absolute atomic E-state index is 14.5. The number of thiazole rings is 1. The molecule has 1 saturated heterocycles. The van der Waals surface area contributed by atoms with Crippen LogP contribution in [0.2, 0.25) is 0 Å². The van der Waals surface area contributed by atoms with Crippen molar-refractivity contribution >= 4 is 40.9 Å². The third kappa shape index (κ3) is 9.57. The number of nitrogens with one attached hydrogen (secondary N) is 3. The molecule has 1 aliphatic heterocycles. The van der Waals surface area contributed by atoms with E-state index in [1.807, 2.05) is 19.1 Å². The Morgan fingerprint density at radius 1 is 1.12 bits per heavy atom. The maximum Gasteiger partial charge on any atom is 0.305 e. The fraction of sp³-hybridized carbons (Fsp3) is 0.576. The predicted octanol–water partition coefficient (Wildman–Crippen LogP) is 2.27. The van der Waals surface area contributed by atoms with Crippen LogP contribution in [0.1, 0.15) is 70.2 Å². The lowest BCUT2D eigenvalue weighted by Crippen LogP contribution is -2.59. The van der Waals surface area contributed by atoms with Crippen molar-refractivity contribution < 1.29 is 43.3 Å². The molecular formula is C33H44FN5O8S. The zero-order chi connectivity index (χ0) is 35.2. The molecule has 15 heteroatoms. The average Bonchev–Trinajstić information content (AvgIpc) is 3.43. The number of ether oxygens (including phenoxy) is 1. The number of alkyl halides is 1. The Balaban J connectivity index is 1.50. The number of amides is 4. The molecule has 48 heavy (non-hydrogen) atoms. The Labute approximate surface area is 282 Å². The highest BCUT2D eigenvalue weighted by Crippen LogP contribution is 2.40. The summed E-state index contributed by atoms with van der Waals surface area (Å²) in [5.41, 5.74) is 1.32. The van der Waals surface area contributed by atoms with Crippen LogP contribution in [0, 0.1) is 12.3 Å². The number of carbonyl (C=O) groups excluding carboxylic acids is 4. The molecule has 5 N–H and O–H groups in total. The molecule has 0 unspecified atom stereocenters. The Morgan fingerprint density at radius 3 is 2.40 bits per heavy atom. The van der Waals surface area contributed by atoms with Crippen molar-refractivity contribution in [1.82, 2.24) is 25.8 Å². The van der Waals surface area contributed by atoms with Crippen molar-refractivity contribution in [2.24, 2.45) is 5.41 Å². The first kappa shape index (κ1) is 36.9. The van der Waals surface area contributed by atoms with Gasteiger partial charge in [0.2, 0.25) is 17.7 Å². The number of rotatable bonds is 15. The normalized spacial score (nSPS) is 19.7. The Kier molecular flexibility index (Phi) is 11.9. The first-order valence-electron chi connectivity index (χ1n) is 15.9. The molecule has 262 valence electrons. The minimum absolute atomic E-state index is 0.00628. The lowest BCUT2D eigenvalue weighted by atomic mass is 9.85. The summed E-state index contributed by atoms with van der Waals surface area (Å²) in [4.78, 5) is 70.5. The molecule has 2 fully saturated rings. The summed E-state index contributed by atoms with van der Waals surface area (Å²) < 4.78 is 19.8. The van der Waals surface area contributed by atoms with Crippen LogP contribution in [-0.4, -0.2) is 99.9 Å². The second-order valence-electron chi connectivity index (χ2n) is 13.4. The summed E-state index contributed by atoms with van der Waals surface area (Å²) in [6.45, 7) is 7.14. The number of aliphatic carboxylic acids is 1. The number of hydrogen-bond acceptors (Lipinski definition) is 9. The molecule has 0 spiro atoms. The number of aliphatic hydroxyl groups is 1. The van der Waals surface area contributed by atoms with Crippen molar-refractivity contribution in [3.8, 4) is 10.4 Å². The molecule has 13 nitrogen and oxygen atoms in total. The van der Waals surface area contributed by atoms with Gasteiger partial charge >= 0.3 is 5.97 Å². The number of likely N-dealkylation sites (tertiary alicyclic amines) is 1. The minimum Gasteiger partial charge on any atom is -0.481 e. The number of carboxylic acid groups (broad SMARTS) is 1. The van der Waals surface area contributed by atoms with E-state index in [9.17, 15) is 33.5 Å². The van der Waals surface area contributed by atoms with Gasteiger partial charge in [-0.25, -0.2) is 9.37 Å². The van der Waals surface area contributed by atoms with Crippen LogP contribution in [0.5, 0.6) is 0 Å². The van der Waals surface area contributed by atoms with E-state index in [-0.39, 0.29) is 58.4 Å². The molecule has 0 radical (unpaired) electrons. The fourth-order valence-electron chi connectivity index (χ4n) is 5.47. The molecule has 1 aliphatic carbocycles. The summed E-state index contributed by atoms with van der Waals surface area (Å²) in [7, 11) is 0. The molecule has 4 amide bonds. The number of aromatic nitrogens is 1. The third-order valence-corrected chi connectivity index (χ3v) is 9.38. The van der Waals surface area contributed by atoms with Crippen molar-refractivity contribution in [3.63, 3.8) is 0 Å². The van der Waals surface area contributed by atoms with Crippen LogP contribution in [-0.2, 0) is 28.7 Å². The van der Waals surface area contributed by atoms with Gasteiger partial charge in [-0.3, -0.25) is 24.0 Å². The molecule has 1 aromatic carbocycles. The minimum atomic E-state index is -2.00. The first-order chi connectivity index (χ1) is 22.6. The number of benzene rings is 1. The van der Waals surface area contributed by atoms with Gasteiger partial charge in [0.15, 0.2) is 5.67 Å². The lowest BCUT2D eigenvalue weighted by molar-refractivity contribution is -0.145. The van der Waals surface area contributed by atoms with Gasteiger partial charge < -0.3 is 35.8 Å². The number of carboxylic acids is 1. The van der Waals surface area contributed by atoms with Gasteiger partial charge in [0.05, 0.1) is 54.3 Å². The quantitative estimate of drug-likeness (QED) is 0.175. The molecular weight excluding hydrogens is 645 g/mol. The monoisotopic (exact) mass is 689 g/mol. The molecule has 2 aliphatic rings. The smallest absolute Gasteiger partial charge is 0.305 e. The summed E-state index contributed by atoms with van der Waals surface area (Å²) in [6, 6.07) is 4.24. The zero-order valence-corrected chi connectivity index (χ0v) is 28.4. The van der Waals surface area contributed by atoms with Crippen LogP contribution >= 0.6 is 11.3 Å². The van der Waals surface area contributed by atoms with Gasteiger partial charge in [0, 0.05) is 19.5 Å². The van der Waals surface area contributed by atoms with Crippen molar-refractivity contribution in [3.05, 3.63) is 41.0 Å². The lowest BCUT2D eigenvalue weighted by Gasteiger charge is -2.36. The van der Waals surface area contributed by atoms with E-state index in [2.05, 4.69) is 20.9 Å². The Morgan fingerprint density at radius 2 is 1.81 bits per heavy atom. The molecule has 0 bridgehead atoms. The highest BCUT2D eigenvalue weighted by atomic mass is 32.1. The molecule has 1 saturated carbocycles. The second-order valence-corrected chi connectivity index (χ2v) is 14.2. The van der Waals surface area contributed by atoms with E-state index in [1.165, 1.54) is 16.2 Å². The number of carbonyl (C=O) groups is 5. The SMILES string of the molecule is Cc1ncsc1-c1ccc([C@H](CC(=O)NCCOCCC(=O)O)NC(=O)[C@@H]2C[C@@H](O)CN2C(=O)[C@@H](NC(=O)C2(F)CC2)C(C)(C)C)cc1. The van der Waals surface area contributed by atoms with E-state index < -0.39 is 64.9 Å². The largest absolute Gasteiger partial charge is 0.481 e. The molecule has 4 rings (SSSR count). The summed E-state index contributed by atoms with van der Waals surface area (Å²) in [6.07, 6.45) is -1.24. The van der Waals surface area contributed by atoms with E-state index in [1.54, 1.807) is 38.4 Å². The first-order valence-corrected chi connectivity index (χ1v) is 16.8. The van der Waals surface area contributed by atoms with Gasteiger partial charge in [-0.05, 0) is 36.3 Å². The van der Waals surface area contributed by atoms with Crippen LogP contribution in [0.15, 0.2) is 29.8 Å². The van der Waals surface area contributed by atoms with Crippen LogP contribution < -0.4 is 16.0 Å². The van der Waals surface area contributed by atoms with Crippen LogP contribution in [0.3, 0.4) is 0 Å². The third-order valence-electron chi connectivity index (χ3n) is 8.40. The van der Waals surface area contributed by atoms with Crippen LogP contribution in [0.25, 0.3) is 10.4 Å². The van der Waals surface area contributed by atoms with Crippen molar-refractivity contribution in [1.29, 1.82) is 0 Å². The van der Waals surface area contributed by atoms with E-state index in [0.717, 1.165) is 16.1 Å². The highest BCUT2D eigenvalue weighted by molar-refractivity contribution is 7.13. The Bertz CT molecular complexity index is 1490. The average molecular weight is 690 g/mol. The standard InChI is InChI=1S/C33H44FN5O8S/c1-19-27(48-18-36-19)21-7-5-20(6-8-21)23(16-25(41)35-12-14-47-13-9-26(42)43)37-29(44)24-15-22(40)17-39(24)30(45)28(32(2,3)4)38-31(46)33(34)10-11-33/h5-8,18,22-24,28,40H,9-17H2,1-4H3,(H,35,41)(H,37,44)(H,38,46)(H,42,43)/t22-,23+,24+,28-/m1/s1. The van der Waals surface area contributed by atoms with Gasteiger partial charge in [-0.1, -0.05) is 45.0 Å². The van der Waals surface area contributed by atoms with E-state index in [4.69, 9.17) is 9.84 Å². The maximum atomic E-state index is 14.5. The number of β-amino-alcohol motifs (C(OH)–C–C–N with tert-alkyl or cyclic N) is 1. The second kappa shape index (κ2) is 15.5. The number of halogens is 1. The molecule has 4 atom stereocenters. The summed E-state index contributed by atoms with van der Waals surface area (Å²) >= 11 is 1.49. The number of hydrogen-bond donors (Lipinski definition) is 5. The number of nitrogens with zero attached hydrogens (tertiary/aromatic N) is 2.